The van der Waals surface area contributed by atoms with Crippen LogP contribution >= 0.6 is 0 Å². The van der Waals surface area contributed by atoms with E-state index in [1.54, 1.807) is 0 Å². The van der Waals surface area contributed by atoms with Crippen molar-refractivity contribution in [3.63, 3.8) is 0 Å². The Labute approximate surface area is 136 Å². The van der Waals surface area contributed by atoms with Crippen molar-refractivity contribution in [3.05, 3.63) is 47.0 Å². The van der Waals surface area contributed by atoms with E-state index in [0.717, 1.165) is 56.2 Å². The van der Waals surface area contributed by atoms with Gasteiger partial charge in [0.25, 0.3) is 0 Å². The van der Waals surface area contributed by atoms with E-state index >= 15 is 0 Å². The molecule has 0 spiro atoms. The lowest BCUT2D eigenvalue weighted by molar-refractivity contribution is 0.171. The molecule has 0 bridgehead atoms. The van der Waals surface area contributed by atoms with Gasteiger partial charge in [-0.1, -0.05) is 19.1 Å². The van der Waals surface area contributed by atoms with Crippen LogP contribution in [0.4, 0.5) is 0 Å². The van der Waals surface area contributed by atoms with Gasteiger partial charge in [-0.2, -0.15) is 0 Å². The fraction of sp³-hybridized carbons (Fsp3) is 0.444. The van der Waals surface area contributed by atoms with Crippen molar-refractivity contribution in [2.75, 3.05) is 13.3 Å². The summed E-state index contributed by atoms with van der Waals surface area (Å²) in [5.74, 6) is 2.73. The Hall–Kier alpha value is -2.14. The Balaban J connectivity index is 1.49. The van der Waals surface area contributed by atoms with E-state index in [1.807, 2.05) is 18.3 Å². The lowest BCUT2D eigenvalue weighted by atomic mass is 10.1. The van der Waals surface area contributed by atoms with Crippen LogP contribution in [0, 0.1) is 0 Å². The predicted molar refractivity (Wildman–Crippen MR) is 86.4 cm³/mol. The molecule has 0 atom stereocenters. The molecule has 0 fully saturated rings. The van der Waals surface area contributed by atoms with Crippen molar-refractivity contribution in [2.24, 2.45) is 0 Å². The molecule has 5 nitrogen and oxygen atoms in total. The lowest BCUT2D eigenvalue weighted by Crippen LogP contribution is -2.31. The first-order valence-corrected chi connectivity index (χ1v) is 8.27. The maximum atomic E-state index is 5.61. The number of hydrogen-bond acceptors (Lipinski definition) is 5. The molecule has 0 saturated heterocycles. The molecule has 0 saturated carbocycles. The Bertz CT molecular complexity index is 717. The molecule has 2 aliphatic rings. The first-order chi connectivity index (χ1) is 11.3. The number of hydrogen-bond donors (Lipinski definition) is 0. The zero-order valence-electron chi connectivity index (χ0n) is 13.4. The fourth-order valence-electron chi connectivity index (χ4n) is 3.25. The van der Waals surface area contributed by atoms with E-state index in [4.69, 9.17) is 14.5 Å². The van der Waals surface area contributed by atoms with Gasteiger partial charge in [-0.3, -0.25) is 4.90 Å². The first kappa shape index (κ1) is 14.5. The second kappa shape index (κ2) is 6.16. The normalized spacial score (nSPS) is 16.4. The zero-order chi connectivity index (χ0) is 15.6. The van der Waals surface area contributed by atoms with Crippen LogP contribution in [0.1, 0.15) is 36.0 Å². The Morgan fingerprint density at radius 2 is 2.22 bits per heavy atom. The van der Waals surface area contributed by atoms with Crippen molar-refractivity contribution in [1.82, 2.24) is 14.9 Å². The van der Waals surface area contributed by atoms with Crippen LogP contribution in [0.25, 0.3) is 0 Å². The molecule has 3 heterocycles. The van der Waals surface area contributed by atoms with Gasteiger partial charge in [0.05, 0.1) is 0 Å². The van der Waals surface area contributed by atoms with Crippen LogP contribution in [0.15, 0.2) is 24.4 Å². The van der Waals surface area contributed by atoms with E-state index < -0.39 is 0 Å². The summed E-state index contributed by atoms with van der Waals surface area (Å²) in [5.41, 5.74) is 3.66. The summed E-state index contributed by atoms with van der Waals surface area (Å²) in [6, 6.07) is 6.10. The molecule has 0 amide bonds. The van der Waals surface area contributed by atoms with Crippen molar-refractivity contribution in [3.8, 4) is 11.5 Å². The molecular formula is C18H21N3O2. The average molecular weight is 311 g/mol. The van der Waals surface area contributed by atoms with E-state index in [2.05, 4.69) is 22.9 Å². The Morgan fingerprint density at radius 3 is 3.13 bits per heavy atom. The number of para-hydroxylation sites is 1. The molecule has 0 unspecified atom stereocenters. The van der Waals surface area contributed by atoms with Crippen LogP contribution in [-0.4, -0.2) is 28.2 Å². The van der Waals surface area contributed by atoms with Gasteiger partial charge in [-0.25, -0.2) is 9.97 Å². The van der Waals surface area contributed by atoms with Gasteiger partial charge in [0.15, 0.2) is 11.5 Å². The number of fused-ring (bicyclic) bond motifs is 2. The highest BCUT2D eigenvalue weighted by Crippen LogP contribution is 2.36. The molecule has 1 aromatic carbocycles. The molecule has 0 aliphatic carbocycles. The highest BCUT2D eigenvalue weighted by atomic mass is 16.7. The molecule has 2 aliphatic heterocycles. The quantitative estimate of drug-likeness (QED) is 0.869. The third kappa shape index (κ3) is 2.88. The second-order valence-corrected chi connectivity index (χ2v) is 6.12. The number of aryl methyl sites for hydroxylation is 1. The lowest BCUT2D eigenvalue weighted by Gasteiger charge is -2.28. The molecular weight excluding hydrogens is 290 g/mol. The van der Waals surface area contributed by atoms with Crippen LogP contribution in [-0.2, 0) is 25.9 Å². The van der Waals surface area contributed by atoms with E-state index in [1.165, 1.54) is 16.8 Å². The fourth-order valence-corrected chi connectivity index (χ4v) is 3.25. The smallest absolute Gasteiger partial charge is 0.231 e. The summed E-state index contributed by atoms with van der Waals surface area (Å²) in [7, 11) is 0. The average Bonchev–Trinajstić information content (AvgIpc) is 3.05. The van der Waals surface area contributed by atoms with Crippen molar-refractivity contribution in [2.45, 2.75) is 39.3 Å². The minimum Gasteiger partial charge on any atom is -0.454 e. The van der Waals surface area contributed by atoms with Gasteiger partial charge < -0.3 is 9.47 Å². The molecule has 0 N–H and O–H groups in total. The summed E-state index contributed by atoms with van der Waals surface area (Å²) >= 11 is 0. The molecule has 0 radical (unpaired) electrons. The summed E-state index contributed by atoms with van der Waals surface area (Å²) in [6.07, 6.45) is 5.05. The molecule has 4 rings (SSSR count). The number of nitrogens with zero attached hydrogens (tertiary/aromatic N) is 3. The number of benzene rings is 1. The van der Waals surface area contributed by atoms with Crippen molar-refractivity contribution < 1.29 is 9.47 Å². The highest BCUT2D eigenvalue weighted by molar-refractivity contribution is 5.48. The largest absolute Gasteiger partial charge is 0.454 e. The summed E-state index contributed by atoms with van der Waals surface area (Å²) in [6.45, 7) is 5.26. The number of ether oxygens (including phenoxy) is 2. The zero-order valence-corrected chi connectivity index (χ0v) is 13.4. The number of aromatic nitrogens is 2. The van der Waals surface area contributed by atoms with Gasteiger partial charge in [0, 0.05) is 55.5 Å². The van der Waals surface area contributed by atoms with Gasteiger partial charge in [0.1, 0.15) is 5.82 Å². The summed E-state index contributed by atoms with van der Waals surface area (Å²) in [5, 5.41) is 0. The maximum Gasteiger partial charge on any atom is 0.231 e. The van der Waals surface area contributed by atoms with Crippen molar-refractivity contribution >= 4 is 0 Å². The summed E-state index contributed by atoms with van der Waals surface area (Å²) in [4.78, 5) is 11.6. The maximum absolute atomic E-state index is 5.61. The van der Waals surface area contributed by atoms with Crippen LogP contribution in [0.2, 0.25) is 0 Å². The third-order valence-electron chi connectivity index (χ3n) is 4.41. The third-order valence-corrected chi connectivity index (χ3v) is 4.41. The van der Waals surface area contributed by atoms with Gasteiger partial charge in [-0.15, -0.1) is 0 Å². The van der Waals surface area contributed by atoms with E-state index in [9.17, 15) is 0 Å². The molecule has 23 heavy (non-hydrogen) atoms. The summed E-state index contributed by atoms with van der Waals surface area (Å²) < 4.78 is 11.1. The number of rotatable bonds is 4. The van der Waals surface area contributed by atoms with E-state index in [-0.39, 0.29) is 0 Å². The minimum absolute atomic E-state index is 0.323. The minimum atomic E-state index is 0.323. The van der Waals surface area contributed by atoms with Crippen LogP contribution < -0.4 is 9.47 Å². The Kier molecular flexibility index (Phi) is 3.87. The van der Waals surface area contributed by atoms with Crippen LogP contribution in [0.5, 0.6) is 11.5 Å². The van der Waals surface area contributed by atoms with Gasteiger partial charge in [-0.05, 0) is 12.5 Å². The van der Waals surface area contributed by atoms with E-state index in [0.29, 0.717) is 6.79 Å². The van der Waals surface area contributed by atoms with Gasteiger partial charge >= 0.3 is 0 Å². The van der Waals surface area contributed by atoms with Gasteiger partial charge in [0.2, 0.25) is 6.79 Å². The second-order valence-electron chi connectivity index (χ2n) is 6.12. The van der Waals surface area contributed by atoms with Crippen molar-refractivity contribution in [1.29, 1.82) is 0 Å². The monoisotopic (exact) mass is 311 g/mol. The standard InChI is InChI=1S/C18H21N3O2/c1-2-4-17-19-9-14-11-21(8-7-15(14)20-17)10-13-5-3-6-16-18(13)23-12-22-16/h3,5-6,9H,2,4,7-8,10-12H2,1H3. The highest BCUT2D eigenvalue weighted by Gasteiger charge is 2.22. The molecule has 1 aromatic heterocycles. The van der Waals surface area contributed by atoms with Crippen LogP contribution in [0.3, 0.4) is 0 Å². The molecule has 120 valence electrons. The topological polar surface area (TPSA) is 47.5 Å². The first-order valence-electron chi connectivity index (χ1n) is 8.27. The molecule has 2 aromatic rings. The predicted octanol–water partition coefficient (Wildman–Crippen LogP) is 2.72. The molecule has 5 heteroatoms. The SMILES string of the molecule is CCCc1ncc2c(n1)CCN(Cc1cccc3c1OCO3)C2. The Morgan fingerprint density at radius 1 is 1.26 bits per heavy atom.